The first-order valence-corrected chi connectivity index (χ1v) is 10.0. The molecule has 166 valence electrons. The van der Waals surface area contributed by atoms with E-state index in [2.05, 4.69) is 34.9 Å². The third kappa shape index (κ3) is 5.89. The number of hydrogen-bond acceptors (Lipinski definition) is 5. The maximum atomic E-state index is 11.4. The van der Waals surface area contributed by atoms with Crippen molar-refractivity contribution < 1.29 is 13.6 Å². The number of rotatable bonds is 7. The highest BCUT2D eigenvalue weighted by Gasteiger charge is 2.46. The number of nitriles is 1. The van der Waals surface area contributed by atoms with Crippen molar-refractivity contribution in [1.82, 2.24) is 4.98 Å². The first-order chi connectivity index (χ1) is 15.1. The second-order valence-corrected chi connectivity index (χ2v) is 7.62. The Hall–Kier alpha value is -3.78. The number of primary amides is 1. The fourth-order valence-corrected chi connectivity index (χ4v) is 2.96. The van der Waals surface area contributed by atoms with Crippen LogP contribution in [0.2, 0.25) is 0 Å². The third-order valence-electron chi connectivity index (χ3n) is 5.19. The van der Waals surface area contributed by atoms with Crippen molar-refractivity contribution in [2.75, 3.05) is 5.32 Å². The van der Waals surface area contributed by atoms with Gasteiger partial charge >= 0.3 is 5.92 Å². The van der Waals surface area contributed by atoms with E-state index in [1.165, 1.54) is 6.21 Å². The van der Waals surface area contributed by atoms with E-state index < -0.39 is 11.8 Å². The largest absolute Gasteiger partial charge is 0.378 e. The fraction of sp³-hybridized carbons (Fsp3) is 0.333. The number of hydrogen-bond donors (Lipinski definition) is 3. The SMILES string of the molecule is C#Cc1ccc(N[C@@H](CC)c2ccc(C3(C#N)CC3)nc2)c(C=N)c1.CC(F)(F)C(N)=O. The van der Waals surface area contributed by atoms with Crippen LogP contribution in [0, 0.1) is 29.1 Å². The van der Waals surface area contributed by atoms with Gasteiger partial charge < -0.3 is 16.5 Å². The molecule has 1 amide bonds. The van der Waals surface area contributed by atoms with Crippen molar-refractivity contribution in [2.24, 2.45) is 5.73 Å². The number of carbonyl (C=O) groups is 1. The molecule has 3 rings (SSSR count). The number of nitrogens with one attached hydrogen (secondary N) is 2. The van der Waals surface area contributed by atoms with Crippen molar-refractivity contribution >= 4 is 17.8 Å². The van der Waals surface area contributed by atoms with Crippen LogP contribution in [-0.2, 0) is 10.2 Å². The highest BCUT2D eigenvalue weighted by Crippen LogP contribution is 2.46. The van der Waals surface area contributed by atoms with Gasteiger partial charge in [-0.25, -0.2) is 0 Å². The van der Waals surface area contributed by atoms with E-state index in [1.54, 1.807) is 0 Å². The summed E-state index contributed by atoms with van der Waals surface area (Å²) < 4.78 is 22.7. The Balaban J connectivity index is 0.000000451. The molecule has 1 aliphatic rings. The number of halogens is 2. The molecule has 1 aliphatic carbocycles. The van der Waals surface area contributed by atoms with Crippen LogP contribution >= 0.6 is 0 Å². The summed E-state index contributed by atoms with van der Waals surface area (Å²) >= 11 is 0. The summed E-state index contributed by atoms with van der Waals surface area (Å²) in [6.45, 7) is 2.55. The molecule has 4 N–H and O–H groups in total. The standard InChI is InChI=1S/C21H20N4.C3H5F2NO/c1-3-15-5-7-19(17(11-15)12-22)25-18(4-2)16-6-8-20(24-13-16)21(14-23)9-10-21;1-3(4,5)2(6)7/h1,5-8,11-13,18,22,25H,4,9-10H2,2H3;1H3,(H2,6,7)/t18-;/m0./s1. The van der Waals surface area contributed by atoms with Gasteiger partial charge in [-0.1, -0.05) is 18.9 Å². The van der Waals surface area contributed by atoms with Crippen molar-refractivity contribution in [1.29, 1.82) is 10.7 Å². The minimum atomic E-state index is -3.36. The van der Waals surface area contributed by atoms with E-state index in [9.17, 15) is 18.8 Å². The Bertz CT molecular complexity index is 1060. The maximum absolute atomic E-state index is 11.4. The molecule has 0 bridgehead atoms. The van der Waals surface area contributed by atoms with Crippen molar-refractivity contribution in [3.63, 3.8) is 0 Å². The predicted molar refractivity (Wildman–Crippen MR) is 119 cm³/mol. The summed E-state index contributed by atoms with van der Waals surface area (Å²) in [5.41, 5.74) is 8.16. The molecule has 8 heteroatoms. The molecule has 1 heterocycles. The zero-order valence-electron chi connectivity index (χ0n) is 18.0. The molecule has 2 aromatic rings. The summed E-state index contributed by atoms with van der Waals surface area (Å²) in [7, 11) is 0. The van der Waals surface area contributed by atoms with Gasteiger partial charge in [-0.3, -0.25) is 9.78 Å². The number of alkyl halides is 2. The Morgan fingerprint density at radius 2 is 2.09 bits per heavy atom. The Morgan fingerprint density at radius 1 is 1.44 bits per heavy atom. The van der Waals surface area contributed by atoms with Crippen LogP contribution in [0.1, 0.15) is 61.5 Å². The number of nitrogens with zero attached hydrogens (tertiary/aromatic N) is 2. The van der Waals surface area contributed by atoms with Gasteiger partial charge in [0.2, 0.25) is 0 Å². The van der Waals surface area contributed by atoms with Crippen LogP contribution in [-0.4, -0.2) is 23.0 Å². The number of anilines is 1. The minimum absolute atomic E-state index is 0.0779. The van der Waals surface area contributed by atoms with E-state index in [0.717, 1.165) is 47.3 Å². The smallest absolute Gasteiger partial charge is 0.321 e. The highest BCUT2D eigenvalue weighted by atomic mass is 19.3. The maximum Gasteiger partial charge on any atom is 0.321 e. The second-order valence-electron chi connectivity index (χ2n) is 7.62. The van der Waals surface area contributed by atoms with E-state index in [4.69, 9.17) is 11.8 Å². The molecular weight excluding hydrogens is 412 g/mol. The number of terminal acetylenes is 1. The lowest BCUT2D eigenvalue weighted by atomic mass is 10.0. The summed E-state index contributed by atoms with van der Waals surface area (Å²) in [6.07, 6.45) is 11.3. The highest BCUT2D eigenvalue weighted by molar-refractivity contribution is 5.86. The monoisotopic (exact) mass is 437 g/mol. The molecule has 32 heavy (non-hydrogen) atoms. The van der Waals surface area contributed by atoms with E-state index in [-0.39, 0.29) is 11.5 Å². The van der Waals surface area contributed by atoms with Gasteiger partial charge in [-0.2, -0.15) is 14.0 Å². The van der Waals surface area contributed by atoms with Gasteiger partial charge in [0.05, 0.1) is 23.2 Å². The Morgan fingerprint density at radius 3 is 2.50 bits per heavy atom. The average molecular weight is 437 g/mol. The molecule has 0 radical (unpaired) electrons. The van der Waals surface area contributed by atoms with Crippen LogP contribution in [0.5, 0.6) is 0 Å². The zero-order chi connectivity index (χ0) is 23.9. The lowest BCUT2D eigenvalue weighted by Gasteiger charge is -2.20. The molecule has 1 atom stereocenters. The van der Waals surface area contributed by atoms with E-state index >= 15 is 0 Å². The number of aromatic nitrogens is 1. The summed E-state index contributed by atoms with van der Waals surface area (Å²) in [5, 5.41) is 20.4. The van der Waals surface area contributed by atoms with Crippen molar-refractivity contribution in [3.05, 3.63) is 58.9 Å². The lowest BCUT2D eigenvalue weighted by Crippen LogP contribution is -2.31. The number of pyridine rings is 1. The average Bonchev–Trinajstić information content (AvgIpc) is 3.58. The van der Waals surface area contributed by atoms with Crippen molar-refractivity contribution in [3.8, 4) is 18.4 Å². The molecule has 1 fully saturated rings. The first-order valence-electron chi connectivity index (χ1n) is 10.0. The summed E-state index contributed by atoms with van der Waals surface area (Å²) in [4.78, 5) is 14.0. The van der Waals surface area contributed by atoms with Gasteiger partial charge in [-0.15, -0.1) is 6.42 Å². The van der Waals surface area contributed by atoms with Crippen LogP contribution < -0.4 is 11.1 Å². The molecular formula is C24H25F2N5O. The second kappa shape index (κ2) is 10.0. The number of nitrogens with two attached hydrogens (primary N) is 1. The van der Waals surface area contributed by atoms with Crippen LogP contribution in [0.3, 0.4) is 0 Å². The normalized spacial score (nSPS) is 14.6. The third-order valence-corrected chi connectivity index (χ3v) is 5.19. The number of carbonyl (C=O) groups excluding carboxylic acids is 1. The zero-order valence-corrected chi connectivity index (χ0v) is 18.0. The number of benzene rings is 1. The molecule has 0 unspecified atom stereocenters. The molecule has 1 saturated carbocycles. The van der Waals surface area contributed by atoms with E-state index in [1.807, 2.05) is 36.5 Å². The van der Waals surface area contributed by atoms with Gasteiger partial charge in [0.25, 0.3) is 5.91 Å². The summed E-state index contributed by atoms with van der Waals surface area (Å²) in [5.74, 6) is -2.36. The van der Waals surface area contributed by atoms with Crippen LogP contribution in [0.25, 0.3) is 0 Å². The Kier molecular flexibility index (Phi) is 7.67. The van der Waals surface area contributed by atoms with Crippen molar-refractivity contribution in [2.45, 2.75) is 50.5 Å². The first kappa shape index (κ1) is 24.5. The Labute approximate surface area is 186 Å². The van der Waals surface area contributed by atoms with Crippen LogP contribution in [0.15, 0.2) is 36.5 Å². The van der Waals surface area contributed by atoms with Gasteiger partial charge in [0.15, 0.2) is 0 Å². The summed E-state index contributed by atoms with van der Waals surface area (Å²) in [6, 6.07) is 12.1. The quantitative estimate of drug-likeness (QED) is 0.442. The predicted octanol–water partition coefficient (Wildman–Crippen LogP) is 4.31. The number of amides is 1. The molecule has 0 aliphatic heterocycles. The van der Waals surface area contributed by atoms with E-state index in [0.29, 0.717) is 6.92 Å². The molecule has 6 nitrogen and oxygen atoms in total. The van der Waals surface area contributed by atoms with Crippen LogP contribution in [0.4, 0.5) is 14.5 Å². The minimum Gasteiger partial charge on any atom is -0.378 e. The lowest BCUT2D eigenvalue weighted by molar-refractivity contribution is -0.139. The molecule has 0 spiro atoms. The van der Waals surface area contributed by atoms with Gasteiger partial charge in [-0.05, 0) is 49.1 Å². The molecule has 0 saturated heterocycles. The fourth-order valence-electron chi connectivity index (χ4n) is 2.96. The topological polar surface area (TPSA) is 116 Å². The van der Waals surface area contributed by atoms with Gasteiger partial charge in [0.1, 0.15) is 0 Å². The van der Waals surface area contributed by atoms with Gasteiger partial charge in [0, 0.05) is 36.1 Å². The molecule has 1 aromatic carbocycles. The molecule has 1 aromatic heterocycles.